The molecule has 4 heteroatoms. The highest BCUT2D eigenvalue weighted by Gasteiger charge is 2.14. The number of nitrogens with zero attached hydrogens (tertiary/aromatic N) is 1. The normalized spacial score (nSPS) is 12.2. The van der Waals surface area contributed by atoms with Crippen molar-refractivity contribution in [2.75, 3.05) is 19.3 Å². The summed E-state index contributed by atoms with van der Waals surface area (Å²) in [6.07, 6.45) is 0. The van der Waals surface area contributed by atoms with E-state index in [9.17, 15) is 4.79 Å². The number of benzene rings is 1. The minimum absolute atomic E-state index is 0.0972. The molecular weight excluding hydrogens is 232 g/mol. The SMILES string of the molecule is Cc1ccccc1SCC(=O)N(C)C(C)CN. The molecule has 0 aliphatic rings. The monoisotopic (exact) mass is 252 g/mol. The molecule has 1 amide bonds. The number of aryl methyl sites for hydroxylation is 1. The zero-order valence-electron chi connectivity index (χ0n) is 10.6. The fourth-order valence-corrected chi connectivity index (χ4v) is 2.32. The van der Waals surface area contributed by atoms with Crippen LogP contribution < -0.4 is 5.73 Å². The molecule has 0 saturated heterocycles. The zero-order chi connectivity index (χ0) is 12.8. The van der Waals surface area contributed by atoms with Crippen molar-refractivity contribution in [2.45, 2.75) is 24.8 Å². The molecule has 0 fully saturated rings. The van der Waals surface area contributed by atoms with Crippen LogP contribution >= 0.6 is 11.8 Å². The first-order valence-electron chi connectivity index (χ1n) is 5.70. The second kappa shape index (κ2) is 6.67. The molecule has 1 unspecified atom stereocenters. The fraction of sp³-hybridized carbons (Fsp3) is 0.462. The number of thioether (sulfide) groups is 1. The summed E-state index contributed by atoms with van der Waals surface area (Å²) in [7, 11) is 1.80. The summed E-state index contributed by atoms with van der Waals surface area (Å²) in [6.45, 7) is 4.51. The smallest absolute Gasteiger partial charge is 0.232 e. The number of carbonyl (C=O) groups excluding carboxylic acids is 1. The van der Waals surface area contributed by atoms with Crippen molar-refractivity contribution in [3.63, 3.8) is 0 Å². The highest BCUT2D eigenvalue weighted by molar-refractivity contribution is 8.00. The lowest BCUT2D eigenvalue weighted by Crippen LogP contribution is -2.40. The van der Waals surface area contributed by atoms with Gasteiger partial charge >= 0.3 is 0 Å². The molecule has 1 rings (SSSR count). The van der Waals surface area contributed by atoms with Gasteiger partial charge in [0.05, 0.1) is 5.75 Å². The van der Waals surface area contributed by atoms with Crippen LogP contribution in [0.25, 0.3) is 0 Å². The molecular formula is C13H20N2OS. The molecule has 17 heavy (non-hydrogen) atoms. The van der Waals surface area contributed by atoms with Crippen LogP contribution in [0.3, 0.4) is 0 Å². The predicted octanol–water partition coefficient (Wildman–Crippen LogP) is 1.89. The van der Waals surface area contributed by atoms with Crippen LogP contribution in [-0.4, -0.2) is 36.2 Å². The summed E-state index contributed by atoms with van der Waals surface area (Å²) in [5.74, 6) is 0.585. The molecule has 0 heterocycles. The zero-order valence-corrected chi connectivity index (χ0v) is 11.5. The number of nitrogens with two attached hydrogens (primary N) is 1. The van der Waals surface area contributed by atoms with E-state index in [4.69, 9.17) is 5.73 Å². The molecule has 0 aromatic heterocycles. The van der Waals surface area contributed by atoms with Crippen LogP contribution in [0.1, 0.15) is 12.5 Å². The Kier molecular flexibility index (Phi) is 5.51. The molecule has 0 aliphatic carbocycles. The molecule has 0 saturated carbocycles. The maximum atomic E-state index is 11.9. The summed E-state index contributed by atoms with van der Waals surface area (Å²) < 4.78 is 0. The second-order valence-corrected chi connectivity index (χ2v) is 5.16. The molecule has 3 nitrogen and oxygen atoms in total. The number of carbonyl (C=O) groups is 1. The third-order valence-corrected chi connectivity index (χ3v) is 4.00. The highest BCUT2D eigenvalue weighted by atomic mass is 32.2. The van der Waals surface area contributed by atoms with Crippen molar-refractivity contribution in [2.24, 2.45) is 5.73 Å². The lowest BCUT2D eigenvalue weighted by molar-refractivity contribution is -0.128. The molecule has 0 bridgehead atoms. The number of rotatable bonds is 5. The van der Waals surface area contributed by atoms with E-state index in [1.165, 1.54) is 5.56 Å². The van der Waals surface area contributed by atoms with Crippen molar-refractivity contribution in [3.05, 3.63) is 29.8 Å². The summed E-state index contributed by atoms with van der Waals surface area (Å²) in [5, 5.41) is 0. The van der Waals surface area contributed by atoms with Crippen LogP contribution in [0.5, 0.6) is 0 Å². The van der Waals surface area contributed by atoms with Crippen molar-refractivity contribution in [1.82, 2.24) is 4.90 Å². The Morgan fingerprint density at radius 3 is 2.71 bits per heavy atom. The van der Waals surface area contributed by atoms with Gasteiger partial charge in [-0.15, -0.1) is 11.8 Å². The first kappa shape index (κ1) is 14.1. The van der Waals surface area contributed by atoms with Crippen LogP contribution in [0.15, 0.2) is 29.2 Å². The Bertz CT molecular complexity index is 381. The van der Waals surface area contributed by atoms with Gasteiger partial charge in [-0.2, -0.15) is 0 Å². The van der Waals surface area contributed by atoms with E-state index in [2.05, 4.69) is 13.0 Å². The summed E-state index contributed by atoms with van der Waals surface area (Å²) in [6, 6.07) is 8.19. The van der Waals surface area contributed by atoms with E-state index in [1.54, 1.807) is 23.7 Å². The summed E-state index contributed by atoms with van der Waals surface area (Å²) in [4.78, 5) is 14.8. The average molecular weight is 252 g/mol. The van der Waals surface area contributed by atoms with Gasteiger partial charge in [0.1, 0.15) is 0 Å². The molecule has 1 atom stereocenters. The predicted molar refractivity (Wildman–Crippen MR) is 73.2 cm³/mol. The van der Waals surface area contributed by atoms with Crippen molar-refractivity contribution in [3.8, 4) is 0 Å². The van der Waals surface area contributed by atoms with Crippen LogP contribution in [0.2, 0.25) is 0 Å². The van der Waals surface area contributed by atoms with Gasteiger partial charge in [-0.3, -0.25) is 4.79 Å². The molecule has 0 aliphatic heterocycles. The molecule has 1 aromatic rings. The third kappa shape index (κ3) is 4.06. The topological polar surface area (TPSA) is 46.3 Å². The summed E-state index contributed by atoms with van der Waals surface area (Å²) >= 11 is 1.58. The lowest BCUT2D eigenvalue weighted by atomic mass is 10.2. The molecule has 0 spiro atoms. The van der Waals surface area contributed by atoms with Gasteiger partial charge < -0.3 is 10.6 Å². The van der Waals surface area contributed by atoms with Gasteiger partial charge in [-0.1, -0.05) is 18.2 Å². The number of likely N-dealkylation sites (N-methyl/N-ethyl adjacent to an activating group) is 1. The Labute approximate surface area is 107 Å². The van der Waals surface area contributed by atoms with E-state index in [0.717, 1.165) is 4.90 Å². The van der Waals surface area contributed by atoms with Gasteiger partial charge in [0.25, 0.3) is 0 Å². The lowest BCUT2D eigenvalue weighted by Gasteiger charge is -2.23. The number of hydrogen-bond donors (Lipinski definition) is 1. The van der Waals surface area contributed by atoms with E-state index in [-0.39, 0.29) is 11.9 Å². The van der Waals surface area contributed by atoms with Crippen molar-refractivity contribution >= 4 is 17.7 Å². The maximum absolute atomic E-state index is 11.9. The van der Waals surface area contributed by atoms with Gasteiger partial charge in [0.15, 0.2) is 0 Å². The van der Waals surface area contributed by atoms with Crippen molar-refractivity contribution in [1.29, 1.82) is 0 Å². The quantitative estimate of drug-likeness (QED) is 0.814. The Hall–Kier alpha value is -1.00. The minimum Gasteiger partial charge on any atom is -0.341 e. The second-order valence-electron chi connectivity index (χ2n) is 4.14. The molecule has 1 aromatic carbocycles. The fourth-order valence-electron chi connectivity index (χ4n) is 1.36. The average Bonchev–Trinajstić information content (AvgIpc) is 2.35. The minimum atomic E-state index is 0.0972. The molecule has 94 valence electrons. The summed E-state index contributed by atoms with van der Waals surface area (Å²) in [5.41, 5.74) is 6.75. The molecule has 2 N–H and O–H groups in total. The van der Waals surface area contributed by atoms with Crippen LogP contribution in [-0.2, 0) is 4.79 Å². The first-order valence-corrected chi connectivity index (χ1v) is 6.69. The number of hydrogen-bond acceptors (Lipinski definition) is 3. The number of amides is 1. The van der Waals surface area contributed by atoms with Gasteiger partial charge in [0, 0.05) is 24.5 Å². The molecule has 0 radical (unpaired) electrons. The van der Waals surface area contributed by atoms with E-state index in [1.807, 2.05) is 25.1 Å². The first-order chi connectivity index (χ1) is 8.06. The third-order valence-electron chi connectivity index (χ3n) is 2.84. The highest BCUT2D eigenvalue weighted by Crippen LogP contribution is 2.22. The van der Waals surface area contributed by atoms with Gasteiger partial charge in [-0.25, -0.2) is 0 Å². The van der Waals surface area contributed by atoms with Gasteiger partial charge in [0.2, 0.25) is 5.91 Å². The Balaban J connectivity index is 2.51. The standard InChI is InChI=1S/C13H20N2OS/c1-10-6-4-5-7-12(10)17-9-13(16)15(3)11(2)8-14/h4-7,11H,8-9,14H2,1-3H3. The Morgan fingerprint density at radius 2 is 2.12 bits per heavy atom. The maximum Gasteiger partial charge on any atom is 0.232 e. The van der Waals surface area contributed by atoms with Crippen LogP contribution in [0, 0.1) is 6.92 Å². The van der Waals surface area contributed by atoms with E-state index < -0.39 is 0 Å². The van der Waals surface area contributed by atoms with E-state index >= 15 is 0 Å². The van der Waals surface area contributed by atoms with Gasteiger partial charge in [-0.05, 0) is 25.5 Å². The van der Waals surface area contributed by atoms with Crippen LogP contribution in [0.4, 0.5) is 0 Å². The van der Waals surface area contributed by atoms with Crippen molar-refractivity contribution < 1.29 is 4.79 Å². The Morgan fingerprint density at radius 1 is 1.47 bits per heavy atom. The van der Waals surface area contributed by atoms with E-state index in [0.29, 0.717) is 12.3 Å². The largest absolute Gasteiger partial charge is 0.341 e.